The fraction of sp³-hybridized carbons (Fsp3) is 1.00. The lowest BCUT2D eigenvalue weighted by atomic mass is 9.85. The lowest BCUT2D eigenvalue weighted by molar-refractivity contribution is 0.0697. The van der Waals surface area contributed by atoms with E-state index >= 15 is 0 Å². The first-order valence-electron chi connectivity index (χ1n) is 6.41. The third kappa shape index (κ3) is 3.46. The summed E-state index contributed by atoms with van der Waals surface area (Å²) in [5.74, 6) is 2.23. The van der Waals surface area contributed by atoms with E-state index in [1.807, 2.05) is 0 Å². The quantitative estimate of drug-likeness (QED) is 0.778. The molecule has 1 fully saturated rings. The van der Waals surface area contributed by atoms with E-state index < -0.39 is 0 Å². The lowest BCUT2D eigenvalue weighted by Gasteiger charge is -2.42. The van der Waals surface area contributed by atoms with Gasteiger partial charge in [0.15, 0.2) is 0 Å². The van der Waals surface area contributed by atoms with Gasteiger partial charge in [-0.15, -0.1) is 0 Å². The zero-order valence-corrected chi connectivity index (χ0v) is 11.0. The molecule has 0 amide bonds. The van der Waals surface area contributed by atoms with Crippen LogP contribution in [0.25, 0.3) is 0 Å². The first-order valence-corrected chi connectivity index (χ1v) is 6.41. The molecule has 0 aromatic heterocycles. The highest BCUT2D eigenvalue weighted by atomic mass is 15.2. The van der Waals surface area contributed by atoms with Crippen molar-refractivity contribution >= 4 is 0 Å². The maximum absolute atomic E-state index is 6.16. The Hall–Kier alpha value is -0.0800. The molecule has 0 aliphatic carbocycles. The van der Waals surface area contributed by atoms with Crippen molar-refractivity contribution < 1.29 is 0 Å². The van der Waals surface area contributed by atoms with Gasteiger partial charge in [-0.25, -0.2) is 0 Å². The van der Waals surface area contributed by atoms with Gasteiger partial charge >= 0.3 is 0 Å². The molecule has 4 unspecified atom stereocenters. The van der Waals surface area contributed by atoms with E-state index in [0.717, 1.165) is 18.4 Å². The molecule has 2 heteroatoms. The predicted octanol–water partition coefficient (Wildman–Crippen LogP) is 2.34. The summed E-state index contributed by atoms with van der Waals surface area (Å²) in [6.45, 7) is 13.8. The topological polar surface area (TPSA) is 29.3 Å². The fourth-order valence-corrected chi connectivity index (χ4v) is 2.56. The van der Waals surface area contributed by atoms with Crippen LogP contribution in [0, 0.1) is 17.8 Å². The van der Waals surface area contributed by atoms with E-state index in [-0.39, 0.29) is 0 Å². The summed E-state index contributed by atoms with van der Waals surface area (Å²) in [4.78, 5) is 2.59. The number of nitrogens with zero attached hydrogens (tertiary/aromatic N) is 1. The molecule has 1 saturated heterocycles. The Labute approximate surface area is 95.2 Å². The van der Waals surface area contributed by atoms with Gasteiger partial charge < -0.3 is 5.73 Å². The molecule has 1 rings (SSSR count). The van der Waals surface area contributed by atoms with Crippen LogP contribution in [-0.4, -0.2) is 30.1 Å². The van der Waals surface area contributed by atoms with Gasteiger partial charge in [-0.2, -0.15) is 0 Å². The Kier molecular flexibility index (Phi) is 4.60. The Morgan fingerprint density at radius 2 is 1.87 bits per heavy atom. The summed E-state index contributed by atoms with van der Waals surface area (Å²) >= 11 is 0. The Morgan fingerprint density at radius 3 is 2.40 bits per heavy atom. The van der Waals surface area contributed by atoms with Crippen LogP contribution in [0.4, 0.5) is 0 Å². The molecule has 0 radical (unpaired) electrons. The van der Waals surface area contributed by atoms with Crippen LogP contribution in [0.2, 0.25) is 0 Å². The third-order valence-electron chi connectivity index (χ3n) is 4.02. The first kappa shape index (κ1) is 13.0. The number of likely N-dealkylation sites (tertiary alicyclic amines) is 1. The molecule has 1 aliphatic heterocycles. The average Bonchev–Trinajstić information content (AvgIpc) is 2.13. The average molecular weight is 212 g/mol. The van der Waals surface area contributed by atoms with E-state index in [9.17, 15) is 0 Å². The Bertz CT molecular complexity index is 191. The van der Waals surface area contributed by atoms with E-state index in [1.54, 1.807) is 0 Å². The van der Waals surface area contributed by atoms with Crippen molar-refractivity contribution in [1.82, 2.24) is 4.90 Å². The second-order valence-corrected chi connectivity index (χ2v) is 5.92. The highest BCUT2D eigenvalue weighted by Gasteiger charge is 2.29. The van der Waals surface area contributed by atoms with Crippen molar-refractivity contribution in [2.45, 2.75) is 53.1 Å². The summed E-state index contributed by atoms with van der Waals surface area (Å²) in [5, 5.41) is 0. The van der Waals surface area contributed by atoms with Crippen LogP contribution in [-0.2, 0) is 0 Å². The molecule has 0 saturated carbocycles. The van der Waals surface area contributed by atoms with Gasteiger partial charge in [0.25, 0.3) is 0 Å². The van der Waals surface area contributed by atoms with Crippen molar-refractivity contribution in [3.8, 4) is 0 Å². The van der Waals surface area contributed by atoms with Gasteiger partial charge in [-0.1, -0.05) is 27.7 Å². The molecule has 0 bridgehead atoms. The second-order valence-electron chi connectivity index (χ2n) is 5.92. The zero-order valence-electron chi connectivity index (χ0n) is 11.0. The van der Waals surface area contributed by atoms with E-state index in [0.29, 0.717) is 18.0 Å². The van der Waals surface area contributed by atoms with Gasteiger partial charge in [0.05, 0.1) is 0 Å². The number of rotatable bonds is 3. The highest BCUT2D eigenvalue weighted by Crippen LogP contribution is 2.27. The normalized spacial score (nSPS) is 35.8. The van der Waals surface area contributed by atoms with Crippen LogP contribution < -0.4 is 5.73 Å². The number of hydrogen-bond donors (Lipinski definition) is 1. The van der Waals surface area contributed by atoms with Crippen LogP contribution in [0.15, 0.2) is 0 Å². The predicted molar refractivity (Wildman–Crippen MR) is 66.8 cm³/mol. The molecule has 2 nitrogen and oxygen atoms in total. The number of hydrogen-bond acceptors (Lipinski definition) is 2. The van der Waals surface area contributed by atoms with Gasteiger partial charge in [-0.3, -0.25) is 4.90 Å². The minimum atomic E-state index is 0.324. The Morgan fingerprint density at radius 1 is 1.27 bits per heavy atom. The standard InChI is InChI=1S/C13H28N2/c1-9(2)13(14)8-15-7-10(3)6-11(4)12(15)5/h9-13H,6-8,14H2,1-5H3. The van der Waals surface area contributed by atoms with Gasteiger partial charge in [0.1, 0.15) is 0 Å². The lowest BCUT2D eigenvalue weighted by Crippen LogP contribution is -2.51. The summed E-state index contributed by atoms with van der Waals surface area (Å²) in [6, 6.07) is 1.02. The molecule has 4 atom stereocenters. The first-order chi connectivity index (χ1) is 6.91. The summed E-state index contributed by atoms with van der Waals surface area (Å²) in [6.07, 6.45) is 1.37. The van der Waals surface area contributed by atoms with Gasteiger partial charge in [-0.05, 0) is 31.1 Å². The van der Waals surface area contributed by atoms with Gasteiger partial charge in [0.2, 0.25) is 0 Å². The van der Waals surface area contributed by atoms with E-state index in [2.05, 4.69) is 39.5 Å². The molecule has 0 aromatic rings. The van der Waals surface area contributed by atoms with Gasteiger partial charge in [0, 0.05) is 25.2 Å². The number of nitrogens with two attached hydrogens (primary N) is 1. The maximum atomic E-state index is 6.16. The fourth-order valence-electron chi connectivity index (χ4n) is 2.56. The zero-order chi connectivity index (χ0) is 11.6. The van der Waals surface area contributed by atoms with Crippen LogP contribution >= 0.6 is 0 Å². The van der Waals surface area contributed by atoms with E-state index in [4.69, 9.17) is 5.73 Å². The minimum Gasteiger partial charge on any atom is -0.326 e. The molecule has 2 N–H and O–H groups in total. The van der Waals surface area contributed by atoms with Crippen molar-refractivity contribution in [3.63, 3.8) is 0 Å². The molecular weight excluding hydrogens is 184 g/mol. The molecule has 0 spiro atoms. The monoisotopic (exact) mass is 212 g/mol. The van der Waals surface area contributed by atoms with Crippen molar-refractivity contribution in [2.24, 2.45) is 23.5 Å². The van der Waals surface area contributed by atoms with Crippen LogP contribution in [0.1, 0.15) is 41.0 Å². The highest BCUT2D eigenvalue weighted by molar-refractivity contribution is 4.84. The minimum absolute atomic E-state index is 0.324. The molecule has 1 heterocycles. The summed E-state index contributed by atoms with van der Waals surface area (Å²) in [5.41, 5.74) is 6.16. The van der Waals surface area contributed by atoms with Crippen LogP contribution in [0.5, 0.6) is 0 Å². The SMILES string of the molecule is CC1CC(C)C(C)N(CC(N)C(C)C)C1. The molecule has 0 aromatic carbocycles. The third-order valence-corrected chi connectivity index (χ3v) is 4.02. The summed E-state index contributed by atoms with van der Waals surface area (Å²) < 4.78 is 0. The molecule has 15 heavy (non-hydrogen) atoms. The summed E-state index contributed by atoms with van der Waals surface area (Å²) in [7, 11) is 0. The van der Waals surface area contributed by atoms with Crippen molar-refractivity contribution in [1.29, 1.82) is 0 Å². The second kappa shape index (κ2) is 5.31. The van der Waals surface area contributed by atoms with E-state index in [1.165, 1.54) is 13.0 Å². The van der Waals surface area contributed by atoms with Crippen molar-refractivity contribution in [3.05, 3.63) is 0 Å². The molecule has 1 aliphatic rings. The smallest absolute Gasteiger partial charge is 0.0191 e. The van der Waals surface area contributed by atoms with Crippen LogP contribution in [0.3, 0.4) is 0 Å². The maximum Gasteiger partial charge on any atom is 0.0191 e. The van der Waals surface area contributed by atoms with Crippen molar-refractivity contribution in [2.75, 3.05) is 13.1 Å². The number of piperidine rings is 1. The molecular formula is C13H28N2. The Balaban J connectivity index is 2.52. The largest absolute Gasteiger partial charge is 0.326 e. The molecule has 90 valence electrons.